The van der Waals surface area contributed by atoms with Crippen LogP contribution in [0.5, 0.6) is 0 Å². The fourth-order valence-corrected chi connectivity index (χ4v) is 1.95. The summed E-state index contributed by atoms with van der Waals surface area (Å²) in [4.78, 5) is 0. The van der Waals surface area contributed by atoms with Gasteiger partial charge in [0.25, 0.3) is 0 Å². The SMILES string of the molecule is C[C@H]1C[C@H](CO)c2cnn(C)c2N1. The predicted octanol–water partition coefficient (Wildman–Crippen LogP) is 0.700. The van der Waals surface area contributed by atoms with E-state index < -0.39 is 0 Å². The van der Waals surface area contributed by atoms with Gasteiger partial charge in [-0.2, -0.15) is 5.10 Å². The van der Waals surface area contributed by atoms with Gasteiger partial charge in [-0.1, -0.05) is 0 Å². The van der Waals surface area contributed by atoms with Crippen molar-refractivity contribution in [2.75, 3.05) is 11.9 Å². The molecular formula is C9H15N3O. The molecule has 2 atom stereocenters. The van der Waals surface area contributed by atoms with Crippen LogP contribution in [0.1, 0.15) is 24.8 Å². The number of nitrogens with one attached hydrogen (secondary N) is 1. The van der Waals surface area contributed by atoms with Crippen LogP contribution >= 0.6 is 0 Å². The molecule has 72 valence electrons. The molecule has 1 aliphatic heterocycles. The summed E-state index contributed by atoms with van der Waals surface area (Å²) >= 11 is 0. The van der Waals surface area contributed by atoms with Crippen molar-refractivity contribution >= 4 is 5.82 Å². The monoisotopic (exact) mass is 181 g/mol. The Bertz CT molecular complexity index is 308. The maximum atomic E-state index is 9.20. The second-order valence-electron chi connectivity index (χ2n) is 3.73. The van der Waals surface area contributed by atoms with Crippen molar-refractivity contribution in [3.05, 3.63) is 11.8 Å². The molecule has 0 saturated heterocycles. The Morgan fingerprint density at radius 1 is 1.77 bits per heavy atom. The fourth-order valence-electron chi connectivity index (χ4n) is 1.95. The molecule has 0 unspecified atom stereocenters. The first-order valence-corrected chi connectivity index (χ1v) is 4.61. The minimum atomic E-state index is 0.213. The van der Waals surface area contributed by atoms with E-state index in [-0.39, 0.29) is 12.5 Å². The van der Waals surface area contributed by atoms with Crippen molar-refractivity contribution in [2.24, 2.45) is 7.05 Å². The van der Waals surface area contributed by atoms with Crippen molar-refractivity contribution in [3.8, 4) is 0 Å². The summed E-state index contributed by atoms with van der Waals surface area (Å²) in [6, 6.07) is 0.417. The van der Waals surface area contributed by atoms with E-state index in [4.69, 9.17) is 0 Å². The Morgan fingerprint density at radius 3 is 3.23 bits per heavy atom. The molecule has 0 aromatic carbocycles. The molecule has 1 aromatic rings. The lowest BCUT2D eigenvalue weighted by molar-refractivity contribution is 0.253. The average molecular weight is 181 g/mol. The average Bonchev–Trinajstić information content (AvgIpc) is 2.47. The minimum Gasteiger partial charge on any atom is -0.396 e. The normalized spacial score (nSPS) is 26.7. The molecule has 4 nitrogen and oxygen atoms in total. The third kappa shape index (κ3) is 1.31. The van der Waals surface area contributed by atoms with Gasteiger partial charge in [0.15, 0.2) is 0 Å². The molecule has 0 bridgehead atoms. The molecule has 0 saturated carbocycles. The van der Waals surface area contributed by atoms with E-state index >= 15 is 0 Å². The van der Waals surface area contributed by atoms with Crippen LogP contribution in [-0.4, -0.2) is 27.5 Å². The zero-order valence-electron chi connectivity index (χ0n) is 7.99. The Kier molecular flexibility index (Phi) is 2.00. The lowest BCUT2D eigenvalue weighted by Crippen LogP contribution is -2.27. The van der Waals surface area contributed by atoms with Gasteiger partial charge in [0.2, 0.25) is 0 Å². The number of nitrogens with zero attached hydrogens (tertiary/aromatic N) is 2. The molecule has 0 radical (unpaired) electrons. The van der Waals surface area contributed by atoms with Gasteiger partial charge in [-0.3, -0.25) is 4.68 Å². The second-order valence-corrected chi connectivity index (χ2v) is 3.73. The van der Waals surface area contributed by atoms with E-state index in [0.29, 0.717) is 6.04 Å². The van der Waals surface area contributed by atoms with Gasteiger partial charge in [-0.05, 0) is 13.3 Å². The number of aliphatic hydroxyl groups is 1. The number of hydrogen-bond donors (Lipinski definition) is 2. The molecule has 4 heteroatoms. The third-order valence-corrected chi connectivity index (χ3v) is 2.65. The van der Waals surface area contributed by atoms with Gasteiger partial charge < -0.3 is 10.4 Å². The van der Waals surface area contributed by atoms with E-state index in [1.54, 1.807) is 0 Å². The summed E-state index contributed by atoms with van der Waals surface area (Å²) < 4.78 is 1.83. The first-order valence-electron chi connectivity index (χ1n) is 4.61. The van der Waals surface area contributed by atoms with Crippen LogP contribution in [0, 0.1) is 0 Å². The van der Waals surface area contributed by atoms with Crippen molar-refractivity contribution in [2.45, 2.75) is 25.3 Å². The number of aliphatic hydroxyl groups excluding tert-OH is 1. The Balaban J connectivity index is 2.38. The second kappa shape index (κ2) is 3.03. The molecule has 1 aromatic heterocycles. The lowest BCUT2D eigenvalue weighted by Gasteiger charge is -2.27. The standard InChI is InChI=1S/C9H15N3O/c1-6-3-7(5-13)8-4-10-12(2)9(8)11-6/h4,6-7,11,13H,3,5H2,1-2H3/t6-,7+/m0/s1. The van der Waals surface area contributed by atoms with Crippen molar-refractivity contribution in [1.29, 1.82) is 0 Å². The zero-order valence-corrected chi connectivity index (χ0v) is 7.99. The summed E-state index contributed by atoms with van der Waals surface area (Å²) in [5.41, 5.74) is 1.14. The Hall–Kier alpha value is -1.03. The number of hydrogen-bond acceptors (Lipinski definition) is 3. The van der Waals surface area contributed by atoms with E-state index in [9.17, 15) is 5.11 Å². The van der Waals surface area contributed by atoms with Crippen molar-refractivity contribution in [3.63, 3.8) is 0 Å². The summed E-state index contributed by atoms with van der Waals surface area (Å²) in [5, 5.41) is 16.7. The number of anilines is 1. The maximum Gasteiger partial charge on any atom is 0.127 e. The highest BCUT2D eigenvalue weighted by atomic mass is 16.3. The number of rotatable bonds is 1. The summed E-state index contributed by atoms with van der Waals surface area (Å²) in [6.45, 7) is 2.34. The summed E-state index contributed by atoms with van der Waals surface area (Å²) in [6.07, 6.45) is 2.82. The third-order valence-electron chi connectivity index (χ3n) is 2.65. The molecule has 0 aliphatic carbocycles. The molecule has 2 heterocycles. The molecule has 0 fully saturated rings. The van der Waals surface area contributed by atoms with Gasteiger partial charge in [0, 0.05) is 24.6 Å². The maximum absolute atomic E-state index is 9.20. The van der Waals surface area contributed by atoms with Crippen LogP contribution in [0.4, 0.5) is 5.82 Å². The van der Waals surface area contributed by atoms with Crippen LogP contribution in [0.2, 0.25) is 0 Å². The molecule has 2 N–H and O–H groups in total. The molecule has 0 amide bonds. The smallest absolute Gasteiger partial charge is 0.127 e. The van der Waals surface area contributed by atoms with Gasteiger partial charge in [-0.25, -0.2) is 0 Å². The van der Waals surface area contributed by atoms with E-state index in [2.05, 4.69) is 17.3 Å². The topological polar surface area (TPSA) is 50.1 Å². The van der Waals surface area contributed by atoms with E-state index in [0.717, 1.165) is 17.8 Å². The number of fused-ring (bicyclic) bond motifs is 1. The van der Waals surface area contributed by atoms with Crippen LogP contribution in [0.15, 0.2) is 6.20 Å². The van der Waals surface area contributed by atoms with E-state index in [1.165, 1.54) is 0 Å². The molecule has 1 aliphatic rings. The highest BCUT2D eigenvalue weighted by Crippen LogP contribution is 2.32. The van der Waals surface area contributed by atoms with Crippen molar-refractivity contribution in [1.82, 2.24) is 9.78 Å². The van der Waals surface area contributed by atoms with Gasteiger partial charge in [0.05, 0.1) is 12.8 Å². The molecule has 2 rings (SSSR count). The first kappa shape index (κ1) is 8.56. The van der Waals surface area contributed by atoms with Crippen LogP contribution in [0.3, 0.4) is 0 Å². The largest absolute Gasteiger partial charge is 0.396 e. The molecule has 0 spiro atoms. The first-order chi connectivity index (χ1) is 6.22. The van der Waals surface area contributed by atoms with Gasteiger partial charge in [-0.15, -0.1) is 0 Å². The molecular weight excluding hydrogens is 166 g/mol. The number of aryl methyl sites for hydroxylation is 1. The summed E-state index contributed by atoms with van der Waals surface area (Å²) in [7, 11) is 1.91. The minimum absolute atomic E-state index is 0.213. The van der Waals surface area contributed by atoms with Crippen LogP contribution < -0.4 is 5.32 Å². The summed E-state index contributed by atoms with van der Waals surface area (Å²) in [5.74, 6) is 1.30. The quantitative estimate of drug-likeness (QED) is 0.670. The van der Waals surface area contributed by atoms with Crippen molar-refractivity contribution < 1.29 is 5.11 Å². The zero-order chi connectivity index (χ0) is 9.42. The van der Waals surface area contributed by atoms with Gasteiger partial charge >= 0.3 is 0 Å². The highest BCUT2D eigenvalue weighted by Gasteiger charge is 2.26. The van der Waals surface area contributed by atoms with Crippen LogP contribution in [-0.2, 0) is 7.05 Å². The Labute approximate surface area is 77.6 Å². The fraction of sp³-hybridized carbons (Fsp3) is 0.667. The van der Waals surface area contributed by atoms with E-state index in [1.807, 2.05) is 17.9 Å². The lowest BCUT2D eigenvalue weighted by atomic mass is 9.91. The number of aromatic nitrogens is 2. The van der Waals surface area contributed by atoms with Gasteiger partial charge in [0.1, 0.15) is 5.82 Å². The predicted molar refractivity (Wildman–Crippen MR) is 50.7 cm³/mol. The van der Waals surface area contributed by atoms with Crippen LogP contribution in [0.25, 0.3) is 0 Å². The molecule has 13 heavy (non-hydrogen) atoms. The Morgan fingerprint density at radius 2 is 2.54 bits per heavy atom. The highest BCUT2D eigenvalue weighted by molar-refractivity contribution is 5.49.